The maximum atomic E-state index is 12.1. The monoisotopic (exact) mass is 396 g/mol. The van der Waals surface area contributed by atoms with Crippen LogP contribution in [0.25, 0.3) is 0 Å². The van der Waals surface area contributed by atoms with Crippen LogP contribution in [0.5, 0.6) is 5.75 Å². The molecule has 8 heteroatoms. The van der Waals surface area contributed by atoms with Crippen molar-refractivity contribution >= 4 is 33.2 Å². The van der Waals surface area contributed by atoms with E-state index in [0.717, 1.165) is 21.9 Å². The molecule has 0 aliphatic rings. The highest BCUT2D eigenvalue weighted by Gasteiger charge is 2.20. The van der Waals surface area contributed by atoms with Gasteiger partial charge in [0, 0.05) is 5.02 Å². The average molecular weight is 397 g/mol. The first kappa shape index (κ1) is 20.1. The lowest BCUT2D eigenvalue weighted by atomic mass is 10.2. The Morgan fingerprint density at radius 1 is 1.19 bits per heavy atom. The number of carbonyl (C=O) groups excluding carboxylic acids is 1. The number of benzene rings is 2. The van der Waals surface area contributed by atoms with Crippen molar-refractivity contribution in [3.8, 4) is 5.75 Å². The number of halogens is 1. The Labute approximate surface area is 158 Å². The number of sulfonamides is 1. The lowest BCUT2D eigenvalue weighted by molar-refractivity contribution is -0.119. The summed E-state index contributed by atoms with van der Waals surface area (Å²) in [4.78, 5) is 12.1. The predicted molar refractivity (Wildman–Crippen MR) is 103 cm³/mol. The first-order valence-corrected chi connectivity index (χ1v) is 10.2. The van der Waals surface area contributed by atoms with Crippen molar-refractivity contribution in [2.45, 2.75) is 6.92 Å². The standard InChI is InChI=1S/C18H21ClN2O4S/c1-14-5-3-8-17(11-14)25-10-9-20-18(22)13-21(26(2,23)24)16-7-4-6-15(19)12-16/h3-8,11-12H,9-10,13H2,1-2H3,(H,20,22). The van der Waals surface area contributed by atoms with Crippen molar-refractivity contribution < 1.29 is 17.9 Å². The number of nitrogens with one attached hydrogen (secondary N) is 1. The quantitative estimate of drug-likeness (QED) is 0.696. The number of ether oxygens (including phenoxy) is 1. The third kappa shape index (κ3) is 6.24. The molecule has 0 saturated heterocycles. The number of aryl methyl sites for hydroxylation is 1. The van der Waals surface area contributed by atoms with E-state index in [1.807, 2.05) is 31.2 Å². The summed E-state index contributed by atoms with van der Waals surface area (Å²) in [6.45, 7) is 2.18. The normalized spacial score (nSPS) is 11.0. The van der Waals surface area contributed by atoms with Crippen molar-refractivity contribution in [3.05, 3.63) is 59.1 Å². The highest BCUT2D eigenvalue weighted by Crippen LogP contribution is 2.21. The SMILES string of the molecule is Cc1cccc(OCCNC(=O)CN(c2cccc(Cl)c2)S(C)(=O)=O)c1. The molecular formula is C18H21ClN2O4S. The number of hydrogen-bond acceptors (Lipinski definition) is 4. The van der Waals surface area contributed by atoms with Crippen molar-refractivity contribution in [3.63, 3.8) is 0 Å². The van der Waals surface area contributed by atoms with Gasteiger partial charge in [0.15, 0.2) is 0 Å². The van der Waals surface area contributed by atoms with Crippen LogP contribution in [0.1, 0.15) is 5.56 Å². The molecule has 0 atom stereocenters. The first-order chi connectivity index (χ1) is 12.3. The molecule has 6 nitrogen and oxygen atoms in total. The number of hydrogen-bond donors (Lipinski definition) is 1. The van der Waals surface area contributed by atoms with Crippen molar-refractivity contribution in [1.82, 2.24) is 5.32 Å². The Morgan fingerprint density at radius 2 is 1.92 bits per heavy atom. The molecular weight excluding hydrogens is 376 g/mol. The van der Waals surface area contributed by atoms with Gasteiger partial charge in [-0.1, -0.05) is 29.8 Å². The fourth-order valence-electron chi connectivity index (χ4n) is 2.28. The van der Waals surface area contributed by atoms with Gasteiger partial charge in [0.05, 0.1) is 18.5 Å². The van der Waals surface area contributed by atoms with Gasteiger partial charge < -0.3 is 10.1 Å². The summed E-state index contributed by atoms with van der Waals surface area (Å²) in [5, 5.41) is 3.04. The van der Waals surface area contributed by atoms with Gasteiger partial charge in [-0.15, -0.1) is 0 Å². The predicted octanol–water partition coefficient (Wildman–Crippen LogP) is 2.61. The fraction of sp³-hybridized carbons (Fsp3) is 0.278. The lowest BCUT2D eigenvalue weighted by Gasteiger charge is -2.22. The number of anilines is 1. The Kier molecular flexibility index (Phi) is 6.88. The van der Waals surface area contributed by atoms with Gasteiger partial charge in [0.1, 0.15) is 18.9 Å². The van der Waals surface area contributed by atoms with Crippen LogP contribution in [-0.2, 0) is 14.8 Å². The van der Waals surface area contributed by atoms with Gasteiger partial charge >= 0.3 is 0 Å². The van der Waals surface area contributed by atoms with Gasteiger partial charge in [-0.25, -0.2) is 8.42 Å². The maximum Gasteiger partial charge on any atom is 0.240 e. The molecule has 2 aromatic carbocycles. The number of rotatable bonds is 8. The van der Waals surface area contributed by atoms with E-state index in [4.69, 9.17) is 16.3 Å². The number of carbonyl (C=O) groups is 1. The minimum Gasteiger partial charge on any atom is -0.492 e. The minimum absolute atomic E-state index is 0.264. The van der Waals surface area contributed by atoms with Crippen LogP contribution >= 0.6 is 11.6 Å². The molecule has 0 aliphatic carbocycles. The number of nitrogens with zero attached hydrogens (tertiary/aromatic N) is 1. The lowest BCUT2D eigenvalue weighted by Crippen LogP contribution is -2.41. The topological polar surface area (TPSA) is 75.7 Å². The zero-order valence-corrected chi connectivity index (χ0v) is 16.2. The van der Waals surface area contributed by atoms with Crippen LogP contribution < -0.4 is 14.4 Å². The summed E-state index contributed by atoms with van der Waals surface area (Å²) in [5.41, 5.74) is 1.42. The highest BCUT2D eigenvalue weighted by molar-refractivity contribution is 7.92. The van der Waals surface area contributed by atoms with Crippen molar-refractivity contribution in [2.75, 3.05) is 30.3 Å². The summed E-state index contributed by atoms with van der Waals surface area (Å²) in [7, 11) is -3.63. The van der Waals surface area contributed by atoms with Crippen LogP contribution in [0.2, 0.25) is 5.02 Å². The number of amides is 1. The zero-order chi connectivity index (χ0) is 19.2. The van der Waals surface area contributed by atoms with Gasteiger partial charge in [0.2, 0.25) is 15.9 Å². The van der Waals surface area contributed by atoms with E-state index in [2.05, 4.69) is 5.32 Å². The van der Waals surface area contributed by atoms with E-state index < -0.39 is 15.9 Å². The Bertz CT molecular complexity index is 871. The smallest absolute Gasteiger partial charge is 0.240 e. The maximum absolute atomic E-state index is 12.1. The van der Waals surface area contributed by atoms with E-state index in [-0.39, 0.29) is 19.7 Å². The molecule has 140 valence electrons. The molecule has 0 heterocycles. The van der Waals surface area contributed by atoms with Crippen molar-refractivity contribution in [2.24, 2.45) is 0 Å². The molecule has 1 N–H and O–H groups in total. The van der Waals surface area contributed by atoms with Crippen LogP contribution in [0, 0.1) is 6.92 Å². The molecule has 0 fully saturated rings. The molecule has 2 aromatic rings. The van der Waals surface area contributed by atoms with E-state index in [1.54, 1.807) is 18.2 Å². The van der Waals surface area contributed by atoms with Gasteiger partial charge in [-0.3, -0.25) is 9.10 Å². The summed E-state index contributed by atoms with van der Waals surface area (Å²) in [6.07, 6.45) is 1.04. The van der Waals surface area contributed by atoms with Gasteiger partial charge in [-0.05, 0) is 42.8 Å². The average Bonchev–Trinajstić information content (AvgIpc) is 2.55. The summed E-state index contributed by atoms with van der Waals surface area (Å²) < 4.78 is 30.6. The third-order valence-corrected chi connectivity index (χ3v) is 4.84. The second-order valence-corrected chi connectivity index (χ2v) is 8.11. The molecule has 2 rings (SSSR count). The summed E-state index contributed by atoms with van der Waals surface area (Å²) in [6, 6.07) is 13.9. The van der Waals surface area contributed by atoms with E-state index in [0.29, 0.717) is 10.7 Å². The van der Waals surface area contributed by atoms with E-state index in [9.17, 15) is 13.2 Å². The van der Waals surface area contributed by atoms with E-state index in [1.165, 1.54) is 6.07 Å². The molecule has 0 radical (unpaired) electrons. The third-order valence-electron chi connectivity index (χ3n) is 3.47. The Hall–Kier alpha value is -2.25. The van der Waals surface area contributed by atoms with Crippen molar-refractivity contribution in [1.29, 1.82) is 0 Å². The molecule has 0 aliphatic heterocycles. The van der Waals surface area contributed by atoms with Crippen LogP contribution in [0.4, 0.5) is 5.69 Å². The molecule has 0 unspecified atom stereocenters. The Balaban J connectivity index is 1.89. The van der Waals surface area contributed by atoms with Gasteiger partial charge in [0.25, 0.3) is 0 Å². The molecule has 1 amide bonds. The van der Waals surface area contributed by atoms with Crippen LogP contribution in [0.3, 0.4) is 0 Å². The molecule has 0 aromatic heterocycles. The summed E-state index contributed by atoms with van der Waals surface area (Å²) in [5.74, 6) is 0.291. The highest BCUT2D eigenvalue weighted by atomic mass is 35.5. The first-order valence-electron chi connectivity index (χ1n) is 7.95. The minimum atomic E-state index is -3.63. The van der Waals surface area contributed by atoms with Gasteiger partial charge in [-0.2, -0.15) is 0 Å². The second kappa shape index (κ2) is 8.91. The van der Waals surface area contributed by atoms with Crippen LogP contribution in [0.15, 0.2) is 48.5 Å². The Morgan fingerprint density at radius 3 is 2.58 bits per heavy atom. The van der Waals surface area contributed by atoms with Crippen LogP contribution in [-0.4, -0.2) is 40.3 Å². The fourth-order valence-corrected chi connectivity index (χ4v) is 3.31. The summed E-state index contributed by atoms with van der Waals surface area (Å²) >= 11 is 5.91. The van der Waals surface area contributed by atoms with E-state index >= 15 is 0 Å². The zero-order valence-electron chi connectivity index (χ0n) is 14.6. The molecule has 26 heavy (non-hydrogen) atoms. The molecule has 0 spiro atoms. The largest absolute Gasteiger partial charge is 0.492 e. The molecule has 0 bridgehead atoms. The molecule has 0 saturated carbocycles. The second-order valence-electron chi connectivity index (χ2n) is 5.76.